The van der Waals surface area contributed by atoms with Crippen molar-refractivity contribution in [2.75, 3.05) is 5.32 Å². The van der Waals surface area contributed by atoms with E-state index in [0.29, 0.717) is 5.56 Å². The average molecular weight is 410 g/mol. The Labute approximate surface area is 170 Å². The predicted molar refractivity (Wildman–Crippen MR) is 114 cm³/mol. The van der Waals surface area contributed by atoms with E-state index in [0.717, 1.165) is 40.9 Å². The molecule has 4 aromatic heterocycles. The average Bonchev–Trinajstić information content (AvgIpc) is 3.41. The van der Waals surface area contributed by atoms with Crippen molar-refractivity contribution in [3.05, 3.63) is 69.6 Å². The zero-order valence-corrected chi connectivity index (χ0v) is 16.9. The predicted octanol–water partition coefficient (Wildman–Crippen LogP) is 4.46. The number of nitrogens with one attached hydrogen (secondary N) is 1. The van der Waals surface area contributed by atoms with Crippen LogP contribution in [0.5, 0.6) is 0 Å². The number of hydrogen-bond donors (Lipinski definition) is 2. The Kier molecular flexibility index (Phi) is 5.23. The number of aryl methyl sites for hydroxylation is 1. The minimum Gasteiger partial charge on any atom is -0.366 e. The summed E-state index contributed by atoms with van der Waals surface area (Å²) in [6.45, 7) is 2.69. The van der Waals surface area contributed by atoms with E-state index >= 15 is 0 Å². The zero-order valence-electron chi connectivity index (χ0n) is 15.3. The minimum atomic E-state index is -0.419. The van der Waals surface area contributed by atoms with Crippen LogP contribution in [0.1, 0.15) is 20.9 Å². The van der Waals surface area contributed by atoms with Gasteiger partial charge in [0.2, 0.25) is 0 Å². The maximum Gasteiger partial charge on any atom is 0.250 e. The molecule has 0 aliphatic carbocycles. The Balaban J connectivity index is 1.64. The van der Waals surface area contributed by atoms with Gasteiger partial charge in [-0.25, -0.2) is 4.98 Å². The summed E-state index contributed by atoms with van der Waals surface area (Å²) in [5.41, 5.74) is 9.59. The standard InChI is InChI=1S/C20H19N5OS2/c1-13-16(19(21)26)10-18(25(13)8-6-15-5-3-9-27-15)17-12-28-20(24-17)23-14-4-2-7-22-11-14/h2-5,7,9-12H,6,8H2,1H3,(H2,21,26)(H,23,24). The van der Waals surface area contributed by atoms with Crippen LogP contribution in [0.2, 0.25) is 0 Å². The Bertz CT molecular complexity index is 1080. The molecular weight excluding hydrogens is 390 g/mol. The number of nitrogens with two attached hydrogens (primary N) is 1. The second-order valence-electron chi connectivity index (χ2n) is 6.28. The summed E-state index contributed by atoms with van der Waals surface area (Å²) >= 11 is 3.24. The molecule has 4 rings (SSSR count). The van der Waals surface area contributed by atoms with Gasteiger partial charge in [0.25, 0.3) is 5.91 Å². The van der Waals surface area contributed by atoms with Crippen molar-refractivity contribution in [1.29, 1.82) is 0 Å². The van der Waals surface area contributed by atoms with E-state index in [1.807, 2.05) is 30.5 Å². The molecule has 0 aromatic carbocycles. The van der Waals surface area contributed by atoms with Crippen molar-refractivity contribution in [2.24, 2.45) is 5.73 Å². The quantitative estimate of drug-likeness (QED) is 0.472. The molecule has 0 unspecified atom stereocenters. The van der Waals surface area contributed by atoms with Crippen LogP contribution >= 0.6 is 22.7 Å². The van der Waals surface area contributed by atoms with Crippen LogP contribution in [0.4, 0.5) is 10.8 Å². The van der Waals surface area contributed by atoms with Gasteiger partial charge in [0.1, 0.15) is 0 Å². The van der Waals surface area contributed by atoms with E-state index in [1.54, 1.807) is 23.7 Å². The summed E-state index contributed by atoms with van der Waals surface area (Å²) in [5.74, 6) is -0.419. The van der Waals surface area contributed by atoms with E-state index in [-0.39, 0.29) is 0 Å². The van der Waals surface area contributed by atoms with Gasteiger partial charge in [0.05, 0.1) is 28.8 Å². The molecule has 142 valence electrons. The van der Waals surface area contributed by atoms with Gasteiger partial charge < -0.3 is 15.6 Å². The first-order valence-electron chi connectivity index (χ1n) is 8.77. The Morgan fingerprint density at radius 2 is 2.18 bits per heavy atom. The van der Waals surface area contributed by atoms with Gasteiger partial charge in [-0.05, 0) is 43.0 Å². The number of hydrogen-bond acceptors (Lipinski definition) is 6. The number of carbonyl (C=O) groups is 1. The monoisotopic (exact) mass is 409 g/mol. The van der Waals surface area contributed by atoms with Crippen LogP contribution in [0.3, 0.4) is 0 Å². The van der Waals surface area contributed by atoms with Gasteiger partial charge >= 0.3 is 0 Å². The molecular formula is C20H19N5OS2. The third-order valence-electron chi connectivity index (χ3n) is 4.47. The lowest BCUT2D eigenvalue weighted by atomic mass is 10.2. The fraction of sp³-hybridized carbons (Fsp3) is 0.150. The first-order chi connectivity index (χ1) is 13.6. The number of thiazole rings is 1. The van der Waals surface area contributed by atoms with Crippen LogP contribution < -0.4 is 11.1 Å². The topological polar surface area (TPSA) is 85.8 Å². The van der Waals surface area contributed by atoms with Crippen molar-refractivity contribution in [2.45, 2.75) is 19.9 Å². The number of thiophene rings is 1. The molecule has 3 N–H and O–H groups in total. The van der Waals surface area contributed by atoms with Crippen molar-refractivity contribution in [1.82, 2.24) is 14.5 Å². The Morgan fingerprint density at radius 3 is 2.89 bits per heavy atom. The Hall–Kier alpha value is -2.97. The summed E-state index contributed by atoms with van der Waals surface area (Å²) in [6.07, 6.45) is 4.37. The number of nitrogens with zero attached hydrogens (tertiary/aromatic N) is 3. The third kappa shape index (κ3) is 3.83. The lowest BCUT2D eigenvalue weighted by Gasteiger charge is -2.10. The molecule has 6 nitrogen and oxygen atoms in total. The SMILES string of the molecule is Cc1c(C(N)=O)cc(-c2csc(Nc3cccnc3)n2)n1CCc1cccs1. The first-order valence-corrected chi connectivity index (χ1v) is 10.5. The van der Waals surface area contributed by atoms with E-state index in [9.17, 15) is 4.79 Å². The molecule has 0 fully saturated rings. The number of aromatic nitrogens is 3. The maximum absolute atomic E-state index is 11.9. The number of rotatable bonds is 7. The van der Waals surface area contributed by atoms with Gasteiger partial charge in [-0.1, -0.05) is 6.07 Å². The fourth-order valence-corrected chi connectivity index (χ4v) is 4.50. The number of pyridine rings is 1. The summed E-state index contributed by atoms with van der Waals surface area (Å²) in [6, 6.07) is 9.82. The molecule has 4 aromatic rings. The highest BCUT2D eigenvalue weighted by Gasteiger charge is 2.18. The maximum atomic E-state index is 11.9. The summed E-state index contributed by atoms with van der Waals surface area (Å²) < 4.78 is 2.13. The summed E-state index contributed by atoms with van der Waals surface area (Å²) in [7, 11) is 0. The number of amides is 1. The first kappa shape index (κ1) is 18.4. The second kappa shape index (κ2) is 7.95. The molecule has 1 amide bonds. The minimum absolute atomic E-state index is 0.419. The van der Waals surface area contributed by atoms with Crippen molar-refractivity contribution < 1.29 is 4.79 Å². The van der Waals surface area contributed by atoms with Crippen LogP contribution in [0.15, 0.2) is 53.5 Å². The lowest BCUT2D eigenvalue weighted by molar-refractivity contribution is 0.0999. The van der Waals surface area contributed by atoms with Gasteiger partial charge in [-0.15, -0.1) is 22.7 Å². The second-order valence-corrected chi connectivity index (χ2v) is 8.17. The van der Waals surface area contributed by atoms with Crippen molar-refractivity contribution in [3.63, 3.8) is 0 Å². The lowest BCUT2D eigenvalue weighted by Crippen LogP contribution is -2.13. The molecule has 0 saturated heterocycles. The smallest absolute Gasteiger partial charge is 0.250 e. The number of carbonyl (C=O) groups excluding carboxylic acids is 1. The highest BCUT2D eigenvalue weighted by Crippen LogP contribution is 2.30. The van der Waals surface area contributed by atoms with Crippen molar-refractivity contribution >= 4 is 39.4 Å². The fourth-order valence-electron chi connectivity index (χ4n) is 3.08. The molecule has 0 atom stereocenters. The molecule has 8 heteroatoms. The van der Waals surface area contributed by atoms with E-state index in [4.69, 9.17) is 10.7 Å². The van der Waals surface area contributed by atoms with Gasteiger partial charge in [0, 0.05) is 28.7 Å². The highest BCUT2D eigenvalue weighted by molar-refractivity contribution is 7.14. The number of anilines is 2. The van der Waals surface area contributed by atoms with E-state index < -0.39 is 5.91 Å². The molecule has 0 saturated carbocycles. The third-order valence-corrected chi connectivity index (χ3v) is 6.17. The van der Waals surface area contributed by atoms with Gasteiger partial charge in [-0.3, -0.25) is 9.78 Å². The molecule has 4 heterocycles. The van der Waals surface area contributed by atoms with E-state index in [2.05, 4.69) is 32.4 Å². The zero-order chi connectivity index (χ0) is 19.5. The van der Waals surface area contributed by atoms with Crippen LogP contribution in [0, 0.1) is 6.92 Å². The van der Waals surface area contributed by atoms with Crippen LogP contribution in [-0.4, -0.2) is 20.4 Å². The molecule has 0 radical (unpaired) electrons. The largest absolute Gasteiger partial charge is 0.366 e. The van der Waals surface area contributed by atoms with E-state index in [1.165, 1.54) is 16.2 Å². The van der Waals surface area contributed by atoms with Crippen molar-refractivity contribution in [3.8, 4) is 11.4 Å². The molecule has 0 bridgehead atoms. The number of primary amides is 1. The molecule has 0 aliphatic rings. The van der Waals surface area contributed by atoms with Crippen LogP contribution in [-0.2, 0) is 13.0 Å². The molecule has 0 spiro atoms. The molecule has 28 heavy (non-hydrogen) atoms. The highest BCUT2D eigenvalue weighted by atomic mass is 32.1. The van der Waals surface area contributed by atoms with Gasteiger partial charge in [0.15, 0.2) is 5.13 Å². The molecule has 0 aliphatic heterocycles. The van der Waals surface area contributed by atoms with Gasteiger partial charge in [-0.2, -0.15) is 0 Å². The summed E-state index contributed by atoms with van der Waals surface area (Å²) in [5, 5.41) is 8.09. The van der Waals surface area contributed by atoms with Crippen LogP contribution in [0.25, 0.3) is 11.4 Å². The summed E-state index contributed by atoms with van der Waals surface area (Å²) in [4.78, 5) is 22.0. The Morgan fingerprint density at radius 1 is 1.29 bits per heavy atom. The normalized spacial score (nSPS) is 10.9.